The summed E-state index contributed by atoms with van der Waals surface area (Å²) < 4.78 is 0. The van der Waals surface area contributed by atoms with Crippen LogP contribution in [-0.2, 0) is 5.41 Å². The van der Waals surface area contributed by atoms with E-state index in [4.69, 9.17) is 5.73 Å². The first-order valence-corrected chi connectivity index (χ1v) is 6.07. The predicted molar refractivity (Wildman–Crippen MR) is 63.7 cm³/mol. The molecule has 0 aromatic heterocycles. The summed E-state index contributed by atoms with van der Waals surface area (Å²) in [5.74, 6) is 1.87. The highest BCUT2D eigenvalue weighted by atomic mass is 14.6. The third-order valence-electron chi connectivity index (χ3n) is 4.61. The Morgan fingerprint density at radius 3 is 2.53 bits per heavy atom. The minimum Gasteiger partial charge on any atom is -0.399 e. The number of nitrogens with two attached hydrogens (primary N) is 1. The van der Waals surface area contributed by atoms with Crippen LogP contribution in [0.25, 0.3) is 0 Å². The van der Waals surface area contributed by atoms with E-state index in [2.05, 4.69) is 31.2 Å². The fourth-order valence-electron chi connectivity index (χ4n) is 3.81. The molecule has 1 nitrogen and oxygen atoms in total. The van der Waals surface area contributed by atoms with Crippen molar-refractivity contribution in [2.24, 2.45) is 11.8 Å². The number of rotatable bonds is 1. The van der Waals surface area contributed by atoms with E-state index in [9.17, 15) is 0 Å². The van der Waals surface area contributed by atoms with Gasteiger partial charge in [-0.15, -0.1) is 0 Å². The zero-order chi connectivity index (χ0) is 10.5. The van der Waals surface area contributed by atoms with Crippen LogP contribution in [0.3, 0.4) is 0 Å². The largest absolute Gasteiger partial charge is 0.399 e. The molecule has 2 aliphatic carbocycles. The molecule has 15 heavy (non-hydrogen) atoms. The summed E-state index contributed by atoms with van der Waals surface area (Å²) in [6.07, 6.45) is 5.66. The van der Waals surface area contributed by atoms with Crippen molar-refractivity contribution in [2.45, 2.75) is 38.0 Å². The van der Waals surface area contributed by atoms with Crippen LogP contribution in [0.15, 0.2) is 24.3 Å². The molecular formula is C14H19N. The van der Waals surface area contributed by atoms with Crippen molar-refractivity contribution < 1.29 is 0 Å². The van der Waals surface area contributed by atoms with Gasteiger partial charge in [-0.05, 0) is 60.6 Å². The maximum atomic E-state index is 5.75. The zero-order valence-corrected chi connectivity index (χ0v) is 9.37. The molecule has 1 aromatic carbocycles. The first-order chi connectivity index (χ1) is 7.21. The molecule has 3 atom stereocenters. The van der Waals surface area contributed by atoms with Gasteiger partial charge in [0.1, 0.15) is 0 Å². The maximum Gasteiger partial charge on any atom is 0.0314 e. The first kappa shape index (κ1) is 9.26. The van der Waals surface area contributed by atoms with Gasteiger partial charge in [0, 0.05) is 5.69 Å². The van der Waals surface area contributed by atoms with Gasteiger partial charge >= 0.3 is 0 Å². The van der Waals surface area contributed by atoms with E-state index >= 15 is 0 Å². The first-order valence-electron chi connectivity index (χ1n) is 6.07. The number of hydrogen-bond donors (Lipinski definition) is 1. The fraction of sp³-hybridized carbons (Fsp3) is 0.571. The van der Waals surface area contributed by atoms with E-state index in [0.717, 1.165) is 17.5 Å². The molecule has 0 radical (unpaired) electrons. The summed E-state index contributed by atoms with van der Waals surface area (Å²) in [5, 5.41) is 0. The second-order valence-electron chi connectivity index (χ2n) is 5.56. The van der Waals surface area contributed by atoms with E-state index in [0.29, 0.717) is 5.41 Å². The summed E-state index contributed by atoms with van der Waals surface area (Å²) in [6, 6.07) is 8.62. The summed E-state index contributed by atoms with van der Waals surface area (Å²) >= 11 is 0. The molecule has 0 amide bonds. The van der Waals surface area contributed by atoms with Crippen LogP contribution in [-0.4, -0.2) is 0 Å². The molecule has 3 rings (SSSR count). The average Bonchev–Trinajstić information content (AvgIpc) is 2.43. The maximum absolute atomic E-state index is 5.75. The third-order valence-corrected chi connectivity index (χ3v) is 4.61. The third kappa shape index (κ3) is 1.22. The molecule has 1 aromatic rings. The topological polar surface area (TPSA) is 26.0 Å². The predicted octanol–water partition coefficient (Wildman–Crippen LogP) is 3.35. The molecule has 2 saturated carbocycles. The van der Waals surface area contributed by atoms with E-state index in [1.807, 2.05) is 0 Å². The molecule has 3 unspecified atom stereocenters. The van der Waals surface area contributed by atoms with Gasteiger partial charge in [0.05, 0.1) is 0 Å². The summed E-state index contributed by atoms with van der Waals surface area (Å²) in [7, 11) is 0. The molecule has 2 N–H and O–H groups in total. The molecule has 0 aliphatic heterocycles. The highest BCUT2D eigenvalue weighted by molar-refractivity contribution is 5.43. The Morgan fingerprint density at radius 1 is 1.27 bits per heavy atom. The van der Waals surface area contributed by atoms with Gasteiger partial charge in [0.2, 0.25) is 0 Å². The van der Waals surface area contributed by atoms with Crippen molar-refractivity contribution in [3.63, 3.8) is 0 Å². The highest BCUT2D eigenvalue weighted by Gasteiger charge is 2.52. The number of nitrogen functional groups attached to an aromatic ring is 1. The smallest absolute Gasteiger partial charge is 0.0314 e. The quantitative estimate of drug-likeness (QED) is 0.693. The standard InChI is InChI=1S/C14H19N/c1-10-8-12-6-7-14(12,9-10)11-2-4-13(15)5-3-11/h2-5,10,12H,6-9,15H2,1H3. The minimum atomic E-state index is 0.535. The molecule has 1 heteroatoms. The Labute approximate surface area is 91.7 Å². The van der Waals surface area contributed by atoms with Crippen molar-refractivity contribution >= 4 is 5.69 Å². The molecule has 0 spiro atoms. The van der Waals surface area contributed by atoms with Gasteiger partial charge in [-0.2, -0.15) is 0 Å². The van der Waals surface area contributed by atoms with Crippen LogP contribution in [0, 0.1) is 11.8 Å². The van der Waals surface area contributed by atoms with E-state index in [1.165, 1.54) is 31.2 Å². The molecule has 2 aliphatic rings. The highest BCUT2D eigenvalue weighted by Crippen LogP contribution is 2.60. The van der Waals surface area contributed by atoms with Gasteiger partial charge in [0.15, 0.2) is 0 Å². The fourth-order valence-corrected chi connectivity index (χ4v) is 3.81. The normalized spacial score (nSPS) is 38.5. The van der Waals surface area contributed by atoms with Gasteiger partial charge < -0.3 is 5.73 Å². The van der Waals surface area contributed by atoms with Crippen LogP contribution in [0.2, 0.25) is 0 Å². The Kier molecular flexibility index (Phi) is 1.86. The molecule has 2 fully saturated rings. The number of hydrogen-bond acceptors (Lipinski definition) is 1. The number of benzene rings is 1. The van der Waals surface area contributed by atoms with Crippen molar-refractivity contribution in [2.75, 3.05) is 5.73 Å². The second-order valence-corrected chi connectivity index (χ2v) is 5.56. The van der Waals surface area contributed by atoms with Gasteiger partial charge in [-0.3, -0.25) is 0 Å². The molecule has 80 valence electrons. The van der Waals surface area contributed by atoms with E-state index in [-0.39, 0.29) is 0 Å². The summed E-state index contributed by atoms with van der Waals surface area (Å²) in [6.45, 7) is 2.40. The van der Waals surface area contributed by atoms with E-state index < -0.39 is 0 Å². The van der Waals surface area contributed by atoms with Crippen LogP contribution >= 0.6 is 0 Å². The molecular weight excluding hydrogens is 182 g/mol. The summed E-state index contributed by atoms with van der Waals surface area (Å²) in [5.41, 5.74) is 8.71. The van der Waals surface area contributed by atoms with Crippen molar-refractivity contribution in [3.05, 3.63) is 29.8 Å². The Hall–Kier alpha value is -0.980. The lowest BCUT2D eigenvalue weighted by molar-refractivity contribution is 0.159. The average molecular weight is 201 g/mol. The SMILES string of the molecule is CC1CC2CCC2(c2ccc(N)cc2)C1. The van der Waals surface area contributed by atoms with Crippen LogP contribution < -0.4 is 5.73 Å². The zero-order valence-electron chi connectivity index (χ0n) is 9.37. The Bertz CT molecular complexity index is 367. The number of anilines is 1. The second kappa shape index (κ2) is 3.01. The van der Waals surface area contributed by atoms with Crippen molar-refractivity contribution in [1.29, 1.82) is 0 Å². The molecule has 0 saturated heterocycles. The van der Waals surface area contributed by atoms with Crippen LogP contribution in [0.1, 0.15) is 38.2 Å². The van der Waals surface area contributed by atoms with Crippen molar-refractivity contribution in [3.8, 4) is 0 Å². The Balaban J connectivity index is 1.96. The Morgan fingerprint density at radius 2 is 2.00 bits per heavy atom. The van der Waals surface area contributed by atoms with Crippen molar-refractivity contribution in [1.82, 2.24) is 0 Å². The molecule has 0 heterocycles. The summed E-state index contributed by atoms with van der Waals surface area (Å²) in [4.78, 5) is 0. The monoisotopic (exact) mass is 201 g/mol. The van der Waals surface area contributed by atoms with Gasteiger partial charge in [-0.25, -0.2) is 0 Å². The number of fused-ring (bicyclic) bond motifs is 1. The lowest BCUT2D eigenvalue weighted by Crippen LogP contribution is -2.39. The van der Waals surface area contributed by atoms with E-state index in [1.54, 1.807) is 0 Å². The van der Waals surface area contributed by atoms with Crippen LogP contribution in [0.5, 0.6) is 0 Å². The van der Waals surface area contributed by atoms with Gasteiger partial charge in [0.25, 0.3) is 0 Å². The lowest BCUT2D eigenvalue weighted by atomic mass is 9.58. The molecule has 0 bridgehead atoms. The lowest BCUT2D eigenvalue weighted by Gasteiger charge is -2.46. The van der Waals surface area contributed by atoms with Crippen LogP contribution in [0.4, 0.5) is 5.69 Å². The van der Waals surface area contributed by atoms with Gasteiger partial charge in [-0.1, -0.05) is 19.1 Å². The minimum absolute atomic E-state index is 0.535.